The summed E-state index contributed by atoms with van der Waals surface area (Å²) in [5.74, 6) is -0.240. The van der Waals surface area contributed by atoms with Crippen molar-refractivity contribution in [1.82, 2.24) is 9.97 Å². The molecule has 0 bridgehead atoms. The van der Waals surface area contributed by atoms with E-state index >= 15 is 0 Å². The van der Waals surface area contributed by atoms with Gasteiger partial charge >= 0.3 is 6.36 Å². The summed E-state index contributed by atoms with van der Waals surface area (Å²) in [6, 6.07) is 7.62. The largest absolute Gasteiger partial charge is 0.573 e. The number of halogens is 3. The average molecular weight is 278 g/mol. The Morgan fingerprint density at radius 3 is 2.45 bits per heavy atom. The Bertz CT molecular complexity index is 732. The van der Waals surface area contributed by atoms with Gasteiger partial charge in [-0.15, -0.1) is 13.2 Å². The Kier molecular flexibility index (Phi) is 2.85. The topological polar surface area (TPSA) is 37.9 Å². The van der Waals surface area contributed by atoms with Crippen LogP contribution >= 0.6 is 0 Å². The van der Waals surface area contributed by atoms with E-state index in [0.29, 0.717) is 0 Å². The van der Waals surface area contributed by atoms with Crippen molar-refractivity contribution in [2.45, 2.75) is 6.36 Å². The lowest BCUT2D eigenvalue weighted by molar-refractivity contribution is -0.274. The molecule has 0 fully saturated rings. The zero-order chi connectivity index (χ0) is 14.2. The average Bonchev–Trinajstić information content (AvgIpc) is 2.86. The van der Waals surface area contributed by atoms with Gasteiger partial charge in [-0.25, -0.2) is 0 Å². The second kappa shape index (κ2) is 4.56. The number of aromatic amines is 1. The van der Waals surface area contributed by atoms with Gasteiger partial charge in [0.1, 0.15) is 5.75 Å². The fraction of sp³-hybridized carbons (Fsp3) is 0.0714. The zero-order valence-corrected chi connectivity index (χ0v) is 10.1. The molecule has 1 aromatic carbocycles. The number of H-pyrrole nitrogens is 1. The number of ether oxygens (including phenoxy) is 1. The lowest BCUT2D eigenvalue weighted by Crippen LogP contribution is -2.16. The number of rotatable bonds is 2. The first-order chi connectivity index (χ1) is 9.53. The minimum Gasteiger partial charge on any atom is -0.406 e. The Labute approximate surface area is 112 Å². The molecule has 0 amide bonds. The van der Waals surface area contributed by atoms with E-state index in [-0.39, 0.29) is 5.75 Å². The number of pyridine rings is 1. The Balaban J connectivity index is 1.97. The van der Waals surface area contributed by atoms with Crippen LogP contribution in [0.25, 0.3) is 22.0 Å². The van der Waals surface area contributed by atoms with E-state index in [1.165, 1.54) is 12.1 Å². The van der Waals surface area contributed by atoms with Crippen LogP contribution in [0.15, 0.2) is 48.9 Å². The molecular weight excluding hydrogens is 269 g/mol. The fourth-order valence-electron chi connectivity index (χ4n) is 2.05. The van der Waals surface area contributed by atoms with Gasteiger partial charge in [-0.2, -0.15) is 0 Å². The summed E-state index contributed by atoms with van der Waals surface area (Å²) in [5, 5.41) is 0.962. The third-order valence-corrected chi connectivity index (χ3v) is 2.88. The Morgan fingerprint density at radius 1 is 1.00 bits per heavy atom. The monoisotopic (exact) mass is 278 g/mol. The number of aromatic nitrogens is 2. The molecule has 3 rings (SSSR count). The summed E-state index contributed by atoms with van der Waals surface area (Å²) in [7, 11) is 0. The van der Waals surface area contributed by atoms with Gasteiger partial charge < -0.3 is 9.72 Å². The van der Waals surface area contributed by atoms with Crippen molar-refractivity contribution in [2.24, 2.45) is 0 Å². The quantitative estimate of drug-likeness (QED) is 0.765. The molecule has 0 radical (unpaired) electrons. The summed E-state index contributed by atoms with van der Waals surface area (Å²) in [6.45, 7) is 0. The number of alkyl halides is 3. The van der Waals surface area contributed by atoms with Gasteiger partial charge in [-0.1, -0.05) is 12.1 Å². The number of benzene rings is 1. The molecule has 0 saturated heterocycles. The molecule has 102 valence electrons. The Morgan fingerprint density at radius 2 is 1.75 bits per heavy atom. The number of nitrogens with one attached hydrogen (secondary N) is 1. The summed E-state index contributed by atoms with van der Waals surface area (Å²) < 4.78 is 40.1. The van der Waals surface area contributed by atoms with Crippen molar-refractivity contribution < 1.29 is 17.9 Å². The summed E-state index contributed by atoms with van der Waals surface area (Å²) in [4.78, 5) is 7.14. The number of nitrogens with zero attached hydrogens (tertiary/aromatic N) is 1. The summed E-state index contributed by atoms with van der Waals surface area (Å²) in [6.07, 6.45) is 0.483. The van der Waals surface area contributed by atoms with E-state index in [0.717, 1.165) is 22.0 Å². The molecule has 0 aliphatic rings. The smallest absolute Gasteiger partial charge is 0.406 e. The lowest BCUT2D eigenvalue weighted by atomic mass is 10.0. The maximum Gasteiger partial charge on any atom is 0.573 e. The molecule has 1 N–H and O–H groups in total. The zero-order valence-electron chi connectivity index (χ0n) is 10.1. The van der Waals surface area contributed by atoms with Crippen LogP contribution in [-0.4, -0.2) is 16.3 Å². The van der Waals surface area contributed by atoms with Crippen molar-refractivity contribution in [3.8, 4) is 16.9 Å². The molecule has 2 heterocycles. The molecule has 0 aliphatic heterocycles. The van der Waals surface area contributed by atoms with Gasteiger partial charge in [0.15, 0.2) is 0 Å². The predicted octanol–water partition coefficient (Wildman–Crippen LogP) is 4.13. The highest BCUT2D eigenvalue weighted by molar-refractivity contribution is 5.94. The van der Waals surface area contributed by atoms with Crippen molar-refractivity contribution in [2.75, 3.05) is 0 Å². The maximum atomic E-state index is 12.1. The van der Waals surface area contributed by atoms with Crippen molar-refractivity contribution >= 4 is 10.9 Å². The minimum atomic E-state index is -4.68. The molecule has 3 aromatic rings. The minimum absolute atomic E-state index is 0.240. The van der Waals surface area contributed by atoms with Crippen molar-refractivity contribution in [3.05, 3.63) is 48.9 Å². The molecular formula is C14H9F3N2O. The number of fused-ring (bicyclic) bond motifs is 1. The fourth-order valence-corrected chi connectivity index (χ4v) is 2.05. The van der Waals surface area contributed by atoms with E-state index in [1.54, 1.807) is 30.7 Å². The molecule has 20 heavy (non-hydrogen) atoms. The first-order valence-electron chi connectivity index (χ1n) is 5.80. The maximum absolute atomic E-state index is 12.1. The van der Waals surface area contributed by atoms with Gasteiger partial charge in [-0.05, 0) is 23.8 Å². The van der Waals surface area contributed by atoms with Crippen LogP contribution in [0.4, 0.5) is 13.2 Å². The predicted molar refractivity (Wildman–Crippen MR) is 68.2 cm³/mol. The van der Waals surface area contributed by atoms with Gasteiger partial charge in [0.2, 0.25) is 0 Å². The normalized spacial score (nSPS) is 11.8. The van der Waals surface area contributed by atoms with Crippen LogP contribution in [-0.2, 0) is 0 Å². The highest BCUT2D eigenvalue weighted by atomic mass is 19.4. The standard InChI is InChI=1S/C14H9F3N2O/c15-14(16,17)20-10-3-1-9(2-4-10)12-7-18-8-13-11(12)5-6-19-13/h1-8,19H. The summed E-state index contributed by atoms with van der Waals surface area (Å²) >= 11 is 0. The van der Waals surface area contributed by atoms with Crippen LogP contribution < -0.4 is 4.74 Å². The SMILES string of the molecule is FC(F)(F)Oc1ccc(-c2cncc3[nH]ccc23)cc1. The molecule has 2 aromatic heterocycles. The van der Waals surface area contributed by atoms with E-state index in [2.05, 4.69) is 14.7 Å². The molecule has 0 atom stereocenters. The van der Waals surface area contributed by atoms with Crippen molar-refractivity contribution in [3.63, 3.8) is 0 Å². The molecule has 0 saturated carbocycles. The third-order valence-electron chi connectivity index (χ3n) is 2.88. The van der Waals surface area contributed by atoms with Gasteiger partial charge in [0.05, 0.1) is 11.7 Å². The molecule has 0 spiro atoms. The van der Waals surface area contributed by atoms with E-state index in [4.69, 9.17) is 0 Å². The van der Waals surface area contributed by atoms with Gasteiger partial charge in [-0.3, -0.25) is 4.98 Å². The number of hydrogen-bond donors (Lipinski definition) is 1. The first kappa shape index (κ1) is 12.5. The summed E-state index contributed by atoms with van der Waals surface area (Å²) in [5.41, 5.74) is 2.50. The molecule has 3 nitrogen and oxygen atoms in total. The van der Waals surface area contributed by atoms with Crippen LogP contribution in [0.3, 0.4) is 0 Å². The van der Waals surface area contributed by atoms with Crippen LogP contribution in [0.5, 0.6) is 5.75 Å². The van der Waals surface area contributed by atoms with Crippen LogP contribution in [0.1, 0.15) is 0 Å². The lowest BCUT2D eigenvalue weighted by Gasteiger charge is -2.09. The third kappa shape index (κ3) is 2.45. The Hall–Kier alpha value is -2.50. The van der Waals surface area contributed by atoms with E-state index < -0.39 is 6.36 Å². The second-order valence-corrected chi connectivity index (χ2v) is 4.20. The van der Waals surface area contributed by atoms with Crippen LogP contribution in [0, 0.1) is 0 Å². The first-order valence-corrected chi connectivity index (χ1v) is 5.80. The van der Waals surface area contributed by atoms with Gasteiger partial charge in [0.25, 0.3) is 0 Å². The highest BCUT2D eigenvalue weighted by Gasteiger charge is 2.30. The molecule has 6 heteroatoms. The highest BCUT2D eigenvalue weighted by Crippen LogP contribution is 2.30. The molecule has 0 unspecified atom stereocenters. The number of hydrogen-bond acceptors (Lipinski definition) is 2. The van der Waals surface area contributed by atoms with E-state index in [9.17, 15) is 13.2 Å². The van der Waals surface area contributed by atoms with E-state index in [1.807, 2.05) is 6.07 Å². The van der Waals surface area contributed by atoms with Crippen LogP contribution in [0.2, 0.25) is 0 Å². The second-order valence-electron chi connectivity index (χ2n) is 4.20. The molecule has 0 aliphatic carbocycles. The van der Waals surface area contributed by atoms with Crippen molar-refractivity contribution in [1.29, 1.82) is 0 Å². The van der Waals surface area contributed by atoms with Gasteiger partial charge in [0, 0.05) is 23.3 Å².